The Kier molecular flexibility index (Phi) is 3.34. The molecule has 3 rings (SSSR count). The summed E-state index contributed by atoms with van der Waals surface area (Å²) in [5, 5.41) is 0.488. The summed E-state index contributed by atoms with van der Waals surface area (Å²) in [6, 6.07) is 7.38. The molecular formula is C12H4Br3ClO2. The van der Waals surface area contributed by atoms with E-state index in [2.05, 4.69) is 47.8 Å². The quantitative estimate of drug-likeness (QED) is 0.359. The lowest BCUT2D eigenvalue weighted by Crippen LogP contribution is -2.00. The van der Waals surface area contributed by atoms with Crippen molar-refractivity contribution in [3.05, 3.63) is 42.7 Å². The van der Waals surface area contributed by atoms with Crippen LogP contribution in [0.25, 0.3) is 0 Å². The monoisotopic (exact) mass is 452 g/mol. The van der Waals surface area contributed by atoms with Crippen LogP contribution in [-0.4, -0.2) is 0 Å². The molecule has 92 valence electrons. The molecule has 0 spiro atoms. The highest BCUT2D eigenvalue weighted by molar-refractivity contribution is 9.11. The molecule has 1 heterocycles. The van der Waals surface area contributed by atoms with Crippen molar-refractivity contribution in [2.45, 2.75) is 0 Å². The van der Waals surface area contributed by atoms with Crippen LogP contribution >= 0.6 is 59.4 Å². The lowest BCUT2D eigenvalue weighted by Gasteiger charge is -2.23. The van der Waals surface area contributed by atoms with Crippen LogP contribution in [0.2, 0.25) is 5.02 Å². The van der Waals surface area contributed by atoms with E-state index in [0.717, 1.165) is 13.4 Å². The van der Waals surface area contributed by atoms with E-state index in [4.69, 9.17) is 21.1 Å². The first-order valence-electron chi connectivity index (χ1n) is 4.89. The number of hydrogen-bond acceptors (Lipinski definition) is 2. The molecule has 0 aliphatic carbocycles. The highest BCUT2D eigenvalue weighted by Crippen LogP contribution is 2.53. The van der Waals surface area contributed by atoms with Gasteiger partial charge in [-0.2, -0.15) is 0 Å². The highest BCUT2D eigenvalue weighted by Gasteiger charge is 2.25. The van der Waals surface area contributed by atoms with Crippen molar-refractivity contribution in [1.29, 1.82) is 0 Å². The maximum atomic E-state index is 6.20. The first-order chi connectivity index (χ1) is 8.56. The van der Waals surface area contributed by atoms with E-state index in [1.165, 1.54) is 0 Å². The van der Waals surface area contributed by atoms with Gasteiger partial charge in [0.2, 0.25) is 0 Å². The Balaban J connectivity index is 2.19. The van der Waals surface area contributed by atoms with Crippen LogP contribution in [0.3, 0.4) is 0 Å². The minimum atomic E-state index is 0.488. The maximum Gasteiger partial charge on any atom is 0.191 e. The van der Waals surface area contributed by atoms with E-state index in [0.29, 0.717) is 28.0 Å². The van der Waals surface area contributed by atoms with Gasteiger partial charge < -0.3 is 9.47 Å². The van der Waals surface area contributed by atoms with Gasteiger partial charge in [0.15, 0.2) is 23.0 Å². The fourth-order valence-corrected chi connectivity index (χ4v) is 3.33. The molecule has 18 heavy (non-hydrogen) atoms. The summed E-state index contributed by atoms with van der Waals surface area (Å²) in [6.07, 6.45) is 0. The van der Waals surface area contributed by atoms with Crippen molar-refractivity contribution in [3.8, 4) is 23.0 Å². The minimum absolute atomic E-state index is 0.488. The van der Waals surface area contributed by atoms with Crippen LogP contribution in [0, 0.1) is 0 Å². The van der Waals surface area contributed by atoms with Gasteiger partial charge >= 0.3 is 0 Å². The zero-order valence-corrected chi connectivity index (χ0v) is 14.2. The zero-order valence-electron chi connectivity index (χ0n) is 8.64. The number of benzene rings is 2. The average Bonchev–Trinajstić information content (AvgIpc) is 2.34. The van der Waals surface area contributed by atoms with Gasteiger partial charge in [-0.1, -0.05) is 27.5 Å². The Labute approximate surface area is 134 Å². The second-order valence-corrected chi connectivity index (χ2v) is 6.61. The van der Waals surface area contributed by atoms with Crippen LogP contribution in [0.1, 0.15) is 0 Å². The SMILES string of the molecule is Clc1c(Br)cc(Br)c2c1Oc1ccc(Br)cc1O2. The average molecular weight is 455 g/mol. The second-order valence-electron chi connectivity index (χ2n) is 3.61. The van der Waals surface area contributed by atoms with Crippen molar-refractivity contribution in [2.75, 3.05) is 0 Å². The second kappa shape index (κ2) is 4.71. The normalized spacial score (nSPS) is 12.2. The van der Waals surface area contributed by atoms with Gasteiger partial charge in [0, 0.05) is 8.95 Å². The van der Waals surface area contributed by atoms with Crippen LogP contribution < -0.4 is 9.47 Å². The molecule has 0 saturated carbocycles. The van der Waals surface area contributed by atoms with Crippen molar-refractivity contribution in [3.63, 3.8) is 0 Å². The summed E-state index contributed by atoms with van der Waals surface area (Å²) in [4.78, 5) is 0. The summed E-state index contributed by atoms with van der Waals surface area (Å²) in [6.45, 7) is 0. The maximum absolute atomic E-state index is 6.20. The molecule has 0 aromatic heterocycles. The van der Waals surface area contributed by atoms with E-state index < -0.39 is 0 Å². The van der Waals surface area contributed by atoms with Gasteiger partial charge in [0.05, 0.1) is 4.47 Å². The molecule has 1 aliphatic heterocycles. The predicted molar refractivity (Wildman–Crippen MR) is 81.1 cm³/mol. The number of rotatable bonds is 0. The lowest BCUT2D eigenvalue weighted by atomic mass is 10.2. The summed E-state index contributed by atoms with van der Waals surface area (Å²) < 4.78 is 14.1. The first kappa shape index (κ1) is 12.8. The number of halogens is 4. The fraction of sp³-hybridized carbons (Fsp3) is 0. The van der Waals surface area contributed by atoms with Crippen LogP contribution in [0.5, 0.6) is 23.0 Å². The Bertz CT molecular complexity index is 658. The third kappa shape index (κ3) is 2.07. The topological polar surface area (TPSA) is 18.5 Å². The van der Waals surface area contributed by atoms with Gasteiger partial charge in [0.25, 0.3) is 0 Å². The molecule has 1 aliphatic rings. The number of ether oxygens (including phenoxy) is 2. The molecule has 6 heteroatoms. The molecule has 0 fully saturated rings. The minimum Gasteiger partial charge on any atom is -0.448 e. The molecule has 0 unspecified atom stereocenters. The van der Waals surface area contributed by atoms with Crippen LogP contribution in [0.15, 0.2) is 37.7 Å². The largest absolute Gasteiger partial charge is 0.448 e. The Morgan fingerprint density at radius 2 is 1.56 bits per heavy atom. The highest BCUT2D eigenvalue weighted by atomic mass is 79.9. The molecule has 2 nitrogen and oxygen atoms in total. The number of fused-ring (bicyclic) bond motifs is 2. The van der Waals surface area contributed by atoms with E-state index in [1.54, 1.807) is 0 Å². The molecule has 0 radical (unpaired) electrons. The van der Waals surface area contributed by atoms with Gasteiger partial charge in [-0.3, -0.25) is 0 Å². The Morgan fingerprint density at radius 3 is 2.33 bits per heavy atom. The molecule has 2 aromatic rings. The van der Waals surface area contributed by atoms with Gasteiger partial charge in [-0.25, -0.2) is 0 Å². The van der Waals surface area contributed by atoms with Crippen LogP contribution in [0.4, 0.5) is 0 Å². The molecule has 2 aromatic carbocycles. The smallest absolute Gasteiger partial charge is 0.191 e. The number of hydrogen-bond donors (Lipinski definition) is 0. The summed E-state index contributed by atoms with van der Waals surface area (Å²) in [7, 11) is 0. The van der Waals surface area contributed by atoms with Crippen molar-refractivity contribution >= 4 is 59.4 Å². The Hall–Kier alpha value is -0.230. The van der Waals surface area contributed by atoms with E-state index in [-0.39, 0.29) is 0 Å². The van der Waals surface area contributed by atoms with Gasteiger partial charge in [-0.15, -0.1) is 0 Å². The van der Waals surface area contributed by atoms with Gasteiger partial charge in [-0.05, 0) is 56.1 Å². The van der Waals surface area contributed by atoms with Crippen LogP contribution in [-0.2, 0) is 0 Å². The molecule has 0 N–H and O–H groups in total. The zero-order chi connectivity index (χ0) is 12.9. The van der Waals surface area contributed by atoms with Crippen molar-refractivity contribution in [1.82, 2.24) is 0 Å². The standard InChI is InChI=1S/C12H4Br3ClO2/c13-5-1-2-8-9(3-5)18-11-7(15)4-6(14)10(16)12(11)17-8/h1-4H. The Morgan fingerprint density at radius 1 is 0.833 bits per heavy atom. The summed E-state index contributed by atoms with van der Waals surface area (Å²) in [5.41, 5.74) is 0. The molecule has 0 saturated heterocycles. The summed E-state index contributed by atoms with van der Waals surface area (Å²) >= 11 is 16.4. The third-order valence-corrected chi connectivity index (χ3v) is 4.73. The van der Waals surface area contributed by atoms with Crippen molar-refractivity contribution < 1.29 is 9.47 Å². The molecule has 0 atom stereocenters. The molecule has 0 amide bonds. The van der Waals surface area contributed by atoms with Gasteiger partial charge in [0.1, 0.15) is 5.02 Å². The predicted octanol–water partition coefficient (Wildman–Crippen LogP) is 6.53. The van der Waals surface area contributed by atoms with E-state index in [1.807, 2.05) is 24.3 Å². The van der Waals surface area contributed by atoms with E-state index >= 15 is 0 Å². The molecular weight excluding hydrogens is 451 g/mol. The van der Waals surface area contributed by atoms with E-state index in [9.17, 15) is 0 Å². The lowest BCUT2D eigenvalue weighted by molar-refractivity contribution is 0.357. The van der Waals surface area contributed by atoms with Crippen molar-refractivity contribution in [2.24, 2.45) is 0 Å². The molecule has 0 bridgehead atoms. The third-order valence-electron chi connectivity index (χ3n) is 2.42. The first-order valence-corrected chi connectivity index (χ1v) is 7.64. The fourth-order valence-electron chi connectivity index (χ4n) is 1.61. The summed E-state index contributed by atoms with van der Waals surface area (Å²) in [5.74, 6) is 2.37.